The second-order valence-electron chi connectivity index (χ2n) is 7.31. The van der Waals surface area contributed by atoms with Crippen molar-refractivity contribution in [1.29, 1.82) is 0 Å². The van der Waals surface area contributed by atoms with Crippen molar-refractivity contribution in [2.75, 3.05) is 5.75 Å². The van der Waals surface area contributed by atoms with Crippen LogP contribution in [0.5, 0.6) is 0 Å². The van der Waals surface area contributed by atoms with Crippen molar-refractivity contribution in [1.82, 2.24) is 31.1 Å². The monoisotopic (exact) mass is 458 g/mol. The molecular weight excluding hydrogens is 436 g/mol. The van der Waals surface area contributed by atoms with E-state index in [1.54, 1.807) is 12.1 Å². The minimum absolute atomic E-state index is 0.207. The van der Waals surface area contributed by atoms with Gasteiger partial charge in [-0.1, -0.05) is 60.2 Å². The van der Waals surface area contributed by atoms with E-state index in [0.717, 1.165) is 21.6 Å². The van der Waals surface area contributed by atoms with E-state index in [1.165, 1.54) is 16.6 Å². The van der Waals surface area contributed by atoms with Crippen LogP contribution in [-0.4, -0.2) is 37.8 Å². The topological polar surface area (TPSA) is 102 Å². The fourth-order valence-electron chi connectivity index (χ4n) is 2.96. The Labute approximate surface area is 195 Å². The van der Waals surface area contributed by atoms with Crippen molar-refractivity contribution in [3.63, 3.8) is 0 Å². The third-order valence-electron chi connectivity index (χ3n) is 4.73. The number of hydrogen-bond acceptors (Lipinski definition) is 6. The predicted molar refractivity (Wildman–Crippen MR) is 126 cm³/mol. The average molecular weight is 459 g/mol. The van der Waals surface area contributed by atoms with E-state index in [-0.39, 0.29) is 17.6 Å². The van der Waals surface area contributed by atoms with Crippen LogP contribution in [0.1, 0.15) is 21.5 Å². The fraction of sp³-hybridized carbons (Fsp3) is 0.125. The Morgan fingerprint density at radius 3 is 2.36 bits per heavy atom. The van der Waals surface area contributed by atoms with Crippen molar-refractivity contribution in [2.45, 2.75) is 18.4 Å². The first-order valence-corrected chi connectivity index (χ1v) is 11.3. The number of rotatable bonds is 7. The molecule has 8 nitrogen and oxygen atoms in total. The van der Waals surface area contributed by atoms with Crippen LogP contribution in [0.25, 0.3) is 11.4 Å². The largest absolute Gasteiger partial charge is 0.272 e. The van der Waals surface area contributed by atoms with Crippen LogP contribution in [0.2, 0.25) is 0 Å². The number of hydrazine groups is 1. The number of nitrogens with one attached hydrogen (secondary N) is 2. The lowest BCUT2D eigenvalue weighted by Crippen LogP contribution is -2.42. The quantitative estimate of drug-likeness (QED) is 0.326. The van der Waals surface area contributed by atoms with Crippen molar-refractivity contribution < 1.29 is 9.59 Å². The van der Waals surface area contributed by atoms with E-state index < -0.39 is 0 Å². The molecule has 0 aliphatic carbocycles. The smallest absolute Gasteiger partial charge is 0.269 e. The number of aryl methyl sites for hydroxylation is 1. The Morgan fingerprint density at radius 1 is 0.909 bits per heavy atom. The maximum atomic E-state index is 12.3. The average Bonchev–Trinajstić information content (AvgIpc) is 3.31. The zero-order valence-electron chi connectivity index (χ0n) is 17.9. The molecule has 0 atom stereocenters. The van der Waals surface area contributed by atoms with Gasteiger partial charge in [0, 0.05) is 16.0 Å². The maximum Gasteiger partial charge on any atom is 0.269 e. The highest BCUT2D eigenvalue weighted by Crippen LogP contribution is 2.17. The first-order chi connectivity index (χ1) is 16.1. The first kappa shape index (κ1) is 22.2. The van der Waals surface area contributed by atoms with Gasteiger partial charge < -0.3 is 0 Å². The van der Waals surface area contributed by atoms with Gasteiger partial charge in [-0.15, -0.1) is 22.0 Å². The molecule has 1 aromatic heterocycles. The SMILES string of the molecule is Cc1ccc(SCC(=O)NNC(=O)c2ccc(Cn3nnc(-c4ccccc4)n3)cc2)cc1. The molecule has 1 heterocycles. The van der Waals surface area contributed by atoms with Crippen LogP contribution < -0.4 is 10.9 Å². The van der Waals surface area contributed by atoms with Gasteiger partial charge in [0.05, 0.1) is 12.3 Å². The van der Waals surface area contributed by atoms with Gasteiger partial charge in [0.15, 0.2) is 0 Å². The van der Waals surface area contributed by atoms with Crippen LogP contribution in [0.15, 0.2) is 83.8 Å². The summed E-state index contributed by atoms with van der Waals surface area (Å²) in [5.74, 6) is 0.0957. The molecule has 4 aromatic rings. The minimum atomic E-state index is -0.388. The third-order valence-corrected chi connectivity index (χ3v) is 5.74. The van der Waals surface area contributed by atoms with E-state index in [2.05, 4.69) is 26.3 Å². The summed E-state index contributed by atoms with van der Waals surface area (Å²) in [5, 5.41) is 12.6. The lowest BCUT2D eigenvalue weighted by molar-refractivity contribution is -0.119. The zero-order valence-corrected chi connectivity index (χ0v) is 18.7. The van der Waals surface area contributed by atoms with Crippen molar-refractivity contribution in [3.05, 3.63) is 95.6 Å². The molecule has 166 valence electrons. The third kappa shape index (κ3) is 6.27. The number of aromatic nitrogens is 4. The number of tetrazole rings is 1. The predicted octanol–water partition coefficient (Wildman–Crippen LogP) is 3.25. The van der Waals surface area contributed by atoms with Gasteiger partial charge in [0.2, 0.25) is 11.7 Å². The molecule has 0 unspecified atom stereocenters. The molecule has 4 rings (SSSR count). The second kappa shape index (κ2) is 10.6. The van der Waals surface area contributed by atoms with Gasteiger partial charge in [-0.2, -0.15) is 4.80 Å². The summed E-state index contributed by atoms with van der Waals surface area (Å²) in [4.78, 5) is 26.8. The molecule has 33 heavy (non-hydrogen) atoms. The Bertz CT molecular complexity index is 1220. The van der Waals surface area contributed by atoms with Gasteiger partial charge in [0.1, 0.15) is 0 Å². The van der Waals surface area contributed by atoms with Crippen LogP contribution in [0, 0.1) is 6.92 Å². The molecule has 3 aromatic carbocycles. The standard InChI is InChI=1S/C24H22N6O2S/c1-17-7-13-21(14-8-17)33-16-22(31)25-27-24(32)20-11-9-18(10-12-20)15-30-28-23(26-29-30)19-5-3-2-4-6-19/h2-14H,15-16H2,1H3,(H,25,31)(H,27,32). The summed E-state index contributed by atoms with van der Waals surface area (Å²) >= 11 is 1.41. The lowest BCUT2D eigenvalue weighted by atomic mass is 10.1. The molecule has 0 radical (unpaired) electrons. The Kier molecular flexibility index (Phi) is 7.11. The number of hydrogen-bond donors (Lipinski definition) is 2. The second-order valence-corrected chi connectivity index (χ2v) is 8.36. The number of thioether (sulfide) groups is 1. The lowest BCUT2D eigenvalue weighted by Gasteiger charge is -2.08. The van der Waals surface area contributed by atoms with E-state index in [1.807, 2.05) is 73.7 Å². The van der Waals surface area contributed by atoms with Gasteiger partial charge in [0.25, 0.3) is 5.91 Å². The van der Waals surface area contributed by atoms with Crippen molar-refractivity contribution >= 4 is 23.6 Å². The van der Waals surface area contributed by atoms with Gasteiger partial charge in [-0.05, 0) is 42.0 Å². The number of benzene rings is 3. The highest BCUT2D eigenvalue weighted by atomic mass is 32.2. The van der Waals surface area contributed by atoms with Gasteiger partial charge in [-0.3, -0.25) is 20.4 Å². The minimum Gasteiger partial charge on any atom is -0.272 e. The van der Waals surface area contributed by atoms with E-state index in [0.29, 0.717) is 17.9 Å². The molecule has 0 spiro atoms. The normalized spacial score (nSPS) is 10.6. The highest BCUT2D eigenvalue weighted by Gasteiger charge is 2.09. The fourth-order valence-corrected chi connectivity index (χ4v) is 3.65. The highest BCUT2D eigenvalue weighted by molar-refractivity contribution is 8.00. The molecular formula is C24H22N6O2S. The molecule has 0 saturated heterocycles. The Morgan fingerprint density at radius 2 is 1.64 bits per heavy atom. The zero-order chi connectivity index (χ0) is 23.0. The van der Waals surface area contributed by atoms with E-state index in [9.17, 15) is 9.59 Å². The van der Waals surface area contributed by atoms with Gasteiger partial charge >= 0.3 is 0 Å². The molecule has 0 aliphatic rings. The number of amides is 2. The maximum absolute atomic E-state index is 12.3. The first-order valence-electron chi connectivity index (χ1n) is 10.3. The molecule has 0 saturated carbocycles. The van der Waals surface area contributed by atoms with Crippen LogP contribution >= 0.6 is 11.8 Å². The summed E-state index contributed by atoms with van der Waals surface area (Å²) in [5.41, 5.74) is 8.30. The Hall–Kier alpha value is -3.98. The summed E-state index contributed by atoms with van der Waals surface area (Å²) in [6.07, 6.45) is 0. The van der Waals surface area contributed by atoms with Crippen LogP contribution in [0.4, 0.5) is 0 Å². The molecule has 2 amide bonds. The Balaban J connectivity index is 1.25. The molecule has 2 N–H and O–H groups in total. The van der Waals surface area contributed by atoms with Gasteiger partial charge in [-0.25, -0.2) is 0 Å². The summed E-state index contributed by atoms with van der Waals surface area (Å²) in [7, 11) is 0. The number of carbonyl (C=O) groups excluding carboxylic acids is 2. The van der Waals surface area contributed by atoms with E-state index in [4.69, 9.17) is 0 Å². The molecule has 0 aliphatic heterocycles. The van der Waals surface area contributed by atoms with E-state index >= 15 is 0 Å². The molecule has 0 bridgehead atoms. The number of nitrogens with zero attached hydrogens (tertiary/aromatic N) is 4. The van der Waals surface area contributed by atoms with Crippen molar-refractivity contribution in [3.8, 4) is 11.4 Å². The number of carbonyl (C=O) groups is 2. The van der Waals surface area contributed by atoms with Crippen LogP contribution in [0.3, 0.4) is 0 Å². The van der Waals surface area contributed by atoms with Crippen LogP contribution in [-0.2, 0) is 11.3 Å². The molecule has 0 fully saturated rings. The summed E-state index contributed by atoms with van der Waals surface area (Å²) in [6.45, 7) is 2.44. The summed E-state index contributed by atoms with van der Waals surface area (Å²) < 4.78 is 0. The summed E-state index contributed by atoms with van der Waals surface area (Å²) in [6, 6.07) is 24.5. The van der Waals surface area contributed by atoms with Crippen molar-refractivity contribution in [2.24, 2.45) is 0 Å². The molecule has 9 heteroatoms.